The summed E-state index contributed by atoms with van der Waals surface area (Å²) in [5, 5.41) is 0. The van der Waals surface area contributed by atoms with Crippen molar-refractivity contribution in [2.45, 2.75) is 50.4 Å². The second-order valence-corrected chi connectivity index (χ2v) is 12.0. The Kier molecular flexibility index (Phi) is 13.9. The standard InChI is InChI=1S/C20H24O5.C18H16N2O7/c1-3-19(21)23-13-15-5-7-16(8-6-15)17-9-11-18(12-10-17)24-14-25-20(22)4-2;21-17(14-8-23-14)25-7-11-5-19-16(20-6-11)12-1-3-13(4-2-12)26-10-27-18(22)15-9-24-15/h3-4,9-12,15-16H,1-2,5-8,13-14H2;1-6,14-15H,7-10H2. The van der Waals surface area contributed by atoms with E-state index in [4.69, 9.17) is 37.9 Å². The van der Waals surface area contributed by atoms with Gasteiger partial charge in [-0.2, -0.15) is 0 Å². The Morgan fingerprint density at radius 3 is 1.77 bits per heavy atom. The molecule has 1 aliphatic carbocycles. The van der Waals surface area contributed by atoms with Gasteiger partial charge in [-0.25, -0.2) is 29.1 Å². The highest BCUT2D eigenvalue weighted by atomic mass is 16.7. The van der Waals surface area contributed by atoms with Crippen molar-refractivity contribution in [2.75, 3.05) is 33.4 Å². The van der Waals surface area contributed by atoms with Gasteiger partial charge in [-0.05, 0) is 79.5 Å². The van der Waals surface area contributed by atoms with Crippen molar-refractivity contribution in [1.29, 1.82) is 0 Å². The molecule has 3 aliphatic rings. The molecule has 0 N–H and O–H groups in total. The second-order valence-electron chi connectivity index (χ2n) is 12.0. The maximum atomic E-state index is 11.4. The summed E-state index contributed by atoms with van der Waals surface area (Å²) in [4.78, 5) is 53.3. The van der Waals surface area contributed by atoms with Crippen molar-refractivity contribution in [3.63, 3.8) is 0 Å². The van der Waals surface area contributed by atoms with E-state index in [0.29, 0.717) is 54.5 Å². The Labute approximate surface area is 300 Å². The summed E-state index contributed by atoms with van der Waals surface area (Å²) in [5.74, 6) is 1.03. The van der Waals surface area contributed by atoms with Gasteiger partial charge in [0.2, 0.25) is 13.6 Å². The normalized spacial score (nSPS) is 19.7. The Balaban J connectivity index is 0.000000202. The Hall–Kier alpha value is -5.60. The Bertz CT molecular complexity index is 1660. The van der Waals surface area contributed by atoms with Crippen molar-refractivity contribution in [3.05, 3.63) is 97.4 Å². The van der Waals surface area contributed by atoms with E-state index in [1.54, 1.807) is 36.7 Å². The summed E-state index contributed by atoms with van der Waals surface area (Å²) in [6.07, 6.45) is 8.89. The van der Waals surface area contributed by atoms with E-state index in [2.05, 4.69) is 23.1 Å². The third kappa shape index (κ3) is 12.3. The first-order valence-corrected chi connectivity index (χ1v) is 16.7. The zero-order valence-electron chi connectivity index (χ0n) is 28.5. The molecule has 0 amide bonds. The fourth-order valence-corrected chi connectivity index (χ4v) is 5.12. The molecule has 0 bridgehead atoms. The molecule has 3 aromatic rings. The molecule has 2 aliphatic heterocycles. The summed E-state index contributed by atoms with van der Waals surface area (Å²) in [6, 6.07) is 14.9. The second kappa shape index (κ2) is 19.1. The van der Waals surface area contributed by atoms with Gasteiger partial charge in [0.1, 0.15) is 18.1 Å². The van der Waals surface area contributed by atoms with Crippen LogP contribution in [-0.4, -0.2) is 79.5 Å². The van der Waals surface area contributed by atoms with Gasteiger partial charge in [0.05, 0.1) is 19.8 Å². The molecule has 14 heteroatoms. The fraction of sp³-hybridized carbons (Fsp3) is 0.368. The van der Waals surface area contributed by atoms with Crippen LogP contribution < -0.4 is 9.47 Å². The summed E-state index contributed by atoms with van der Waals surface area (Å²) < 4.78 is 40.3. The highest BCUT2D eigenvalue weighted by Gasteiger charge is 2.33. The lowest BCUT2D eigenvalue weighted by Crippen LogP contribution is -2.19. The van der Waals surface area contributed by atoms with Crippen LogP contribution in [0.3, 0.4) is 0 Å². The van der Waals surface area contributed by atoms with Crippen LogP contribution in [0.1, 0.15) is 42.7 Å². The van der Waals surface area contributed by atoms with Crippen molar-refractivity contribution in [2.24, 2.45) is 5.92 Å². The summed E-state index contributed by atoms with van der Waals surface area (Å²) >= 11 is 0. The van der Waals surface area contributed by atoms with Gasteiger partial charge in [0, 0.05) is 35.7 Å². The van der Waals surface area contributed by atoms with Crippen LogP contribution in [0.2, 0.25) is 0 Å². The van der Waals surface area contributed by atoms with Gasteiger partial charge in [-0.3, -0.25) is 0 Å². The number of hydrogen-bond acceptors (Lipinski definition) is 14. The first-order valence-electron chi connectivity index (χ1n) is 16.7. The first kappa shape index (κ1) is 37.7. The van der Waals surface area contributed by atoms with Crippen molar-refractivity contribution >= 4 is 23.9 Å². The molecule has 14 nitrogen and oxygen atoms in total. The maximum Gasteiger partial charge on any atom is 0.340 e. The third-order valence-electron chi connectivity index (χ3n) is 8.24. The zero-order chi connectivity index (χ0) is 36.7. The molecule has 2 aromatic carbocycles. The lowest BCUT2D eigenvalue weighted by Gasteiger charge is -2.28. The number of benzene rings is 2. The highest BCUT2D eigenvalue weighted by Crippen LogP contribution is 2.36. The van der Waals surface area contributed by atoms with Crippen LogP contribution in [0.25, 0.3) is 11.4 Å². The van der Waals surface area contributed by atoms with Crippen LogP contribution in [0.15, 0.2) is 86.2 Å². The van der Waals surface area contributed by atoms with E-state index in [9.17, 15) is 19.2 Å². The smallest absolute Gasteiger partial charge is 0.340 e. The van der Waals surface area contributed by atoms with E-state index >= 15 is 0 Å². The van der Waals surface area contributed by atoms with E-state index < -0.39 is 24.1 Å². The van der Waals surface area contributed by atoms with Crippen molar-refractivity contribution in [1.82, 2.24) is 9.97 Å². The van der Waals surface area contributed by atoms with Gasteiger partial charge in [-0.1, -0.05) is 25.3 Å². The van der Waals surface area contributed by atoms with Gasteiger partial charge in [-0.15, -0.1) is 0 Å². The minimum absolute atomic E-state index is 0.108. The van der Waals surface area contributed by atoms with Crippen LogP contribution in [0.5, 0.6) is 11.5 Å². The maximum absolute atomic E-state index is 11.4. The monoisotopic (exact) mass is 716 g/mol. The van der Waals surface area contributed by atoms with Crippen LogP contribution in [0.4, 0.5) is 0 Å². The molecule has 52 heavy (non-hydrogen) atoms. The van der Waals surface area contributed by atoms with Gasteiger partial charge in [0.15, 0.2) is 18.0 Å². The van der Waals surface area contributed by atoms with E-state index in [0.717, 1.165) is 37.3 Å². The predicted molar refractivity (Wildman–Crippen MR) is 182 cm³/mol. The van der Waals surface area contributed by atoms with E-state index in [1.165, 1.54) is 11.6 Å². The summed E-state index contributed by atoms with van der Waals surface area (Å²) in [6.45, 7) is 7.84. The number of carbonyl (C=O) groups excluding carboxylic acids is 4. The number of hydrogen-bond donors (Lipinski definition) is 0. The molecular weight excluding hydrogens is 676 g/mol. The Morgan fingerprint density at radius 2 is 1.21 bits per heavy atom. The molecule has 6 rings (SSSR count). The topological polar surface area (TPSA) is 175 Å². The quantitative estimate of drug-likeness (QED) is 0.0660. The molecule has 0 radical (unpaired) electrons. The summed E-state index contributed by atoms with van der Waals surface area (Å²) in [7, 11) is 0. The number of aromatic nitrogens is 2. The number of ether oxygens (including phenoxy) is 8. The largest absolute Gasteiger partial charge is 0.462 e. The molecule has 0 spiro atoms. The fourth-order valence-electron chi connectivity index (χ4n) is 5.12. The lowest BCUT2D eigenvalue weighted by molar-refractivity contribution is -0.151. The van der Waals surface area contributed by atoms with Gasteiger partial charge < -0.3 is 37.9 Å². The zero-order valence-corrected chi connectivity index (χ0v) is 28.5. The van der Waals surface area contributed by atoms with Crippen LogP contribution in [0, 0.1) is 5.92 Å². The molecular formula is C38H40N2O12. The first-order chi connectivity index (χ1) is 25.3. The number of rotatable bonds is 16. The summed E-state index contributed by atoms with van der Waals surface area (Å²) in [5.41, 5.74) is 2.76. The number of esters is 4. The van der Waals surface area contributed by atoms with Crippen molar-refractivity contribution < 1.29 is 57.1 Å². The molecule has 3 fully saturated rings. The van der Waals surface area contributed by atoms with Crippen LogP contribution >= 0.6 is 0 Å². The van der Waals surface area contributed by atoms with Gasteiger partial charge >= 0.3 is 23.9 Å². The molecule has 1 aromatic heterocycles. The minimum Gasteiger partial charge on any atom is -0.462 e. The average molecular weight is 717 g/mol. The number of epoxide rings is 2. The molecule has 274 valence electrons. The SMILES string of the molecule is C=CC(=O)OCOc1ccc(C2CCC(COC(=O)C=C)CC2)cc1.O=C(OCOc1ccc(-c2ncc(COC(=O)C3CO3)cn2)cc1)C1CO1. The third-order valence-corrected chi connectivity index (χ3v) is 8.24. The van der Waals surface area contributed by atoms with Crippen molar-refractivity contribution in [3.8, 4) is 22.9 Å². The molecule has 2 atom stereocenters. The number of carbonyl (C=O) groups is 4. The predicted octanol–water partition coefficient (Wildman–Crippen LogP) is 4.62. The minimum atomic E-state index is -0.507. The highest BCUT2D eigenvalue weighted by molar-refractivity contribution is 5.81. The van der Waals surface area contributed by atoms with E-state index in [1.807, 2.05) is 24.3 Å². The Morgan fingerprint density at radius 1 is 0.692 bits per heavy atom. The lowest BCUT2D eigenvalue weighted by atomic mass is 9.79. The number of nitrogens with zero attached hydrogens (tertiary/aromatic N) is 2. The molecule has 1 saturated carbocycles. The van der Waals surface area contributed by atoms with Crippen LogP contribution in [-0.2, 0) is 54.2 Å². The van der Waals surface area contributed by atoms with E-state index in [-0.39, 0.29) is 32.1 Å². The molecule has 2 saturated heterocycles. The molecule has 2 unspecified atom stereocenters. The molecule has 3 heterocycles. The average Bonchev–Trinajstić information content (AvgIpc) is 4.12. The van der Waals surface area contributed by atoms with Gasteiger partial charge in [0.25, 0.3) is 0 Å².